The quantitative estimate of drug-likeness (QED) is 0.766. The summed E-state index contributed by atoms with van der Waals surface area (Å²) in [7, 11) is 3.96. The van der Waals surface area contributed by atoms with E-state index >= 15 is 0 Å². The fraction of sp³-hybridized carbons (Fsp3) is 0.500. The molecule has 0 radical (unpaired) electrons. The van der Waals surface area contributed by atoms with Gasteiger partial charge in [-0.2, -0.15) is 0 Å². The summed E-state index contributed by atoms with van der Waals surface area (Å²) >= 11 is 0. The molecule has 0 aliphatic carbocycles. The van der Waals surface area contributed by atoms with Gasteiger partial charge in [-0.15, -0.1) is 0 Å². The van der Waals surface area contributed by atoms with E-state index in [2.05, 4.69) is 10.2 Å². The summed E-state index contributed by atoms with van der Waals surface area (Å²) < 4.78 is 12.9. The molecule has 0 bridgehead atoms. The Morgan fingerprint density at radius 3 is 2.61 bits per heavy atom. The molecule has 1 aliphatic rings. The van der Waals surface area contributed by atoms with Crippen LogP contribution in [0.4, 0.5) is 14.9 Å². The summed E-state index contributed by atoms with van der Waals surface area (Å²) in [6.45, 7) is 2.54. The normalized spacial score (nSPS) is 14.7. The van der Waals surface area contributed by atoms with Crippen LogP contribution in [0, 0.1) is 5.82 Å². The highest BCUT2D eigenvalue weighted by Gasteiger charge is 2.30. The molecule has 1 aromatic carbocycles. The highest BCUT2D eigenvalue weighted by atomic mass is 19.1. The van der Waals surface area contributed by atoms with E-state index in [0.29, 0.717) is 25.3 Å². The van der Waals surface area contributed by atoms with Crippen molar-refractivity contribution in [3.8, 4) is 0 Å². The molecule has 3 amide bonds. The van der Waals surface area contributed by atoms with Gasteiger partial charge < -0.3 is 15.1 Å². The van der Waals surface area contributed by atoms with Crippen LogP contribution >= 0.6 is 0 Å². The SMILES string of the molecule is CN(C)CCCNC(=O)CN1CCN(c2ccc(F)cc2)C1=O. The molecule has 1 aromatic rings. The van der Waals surface area contributed by atoms with Crippen molar-refractivity contribution in [2.24, 2.45) is 0 Å². The molecule has 1 fully saturated rings. The predicted molar refractivity (Wildman–Crippen MR) is 86.9 cm³/mol. The summed E-state index contributed by atoms with van der Waals surface area (Å²) in [5, 5.41) is 2.82. The lowest BCUT2D eigenvalue weighted by Crippen LogP contribution is -2.40. The Hall–Kier alpha value is -2.15. The number of nitrogens with zero attached hydrogens (tertiary/aromatic N) is 3. The first-order chi connectivity index (χ1) is 11.0. The van der Waals surface area contributed by atoms with Gasteiger partial charge in [-0.1, -0.05) is 0 Å². The van der Waals surface area contributed by atoms with E-state index in [-0.39, 0.29) is 24.3 Å². The van der Waals surface area contributed by atoms with Crippen molar-refractivity contribution >= 4 is 17.6 Å². The fourth-order valence-corrected chi connectivity index (χ4v) is 2.44. The molecule has 0 spiro atoms. The number of hydrogen-bond donors (Lipinski definition) is 1. The maximum absolute atomic E-state index is 12.9. The largest absolute Gasteiger partial charge is 0.355 e. The Morgan fingerprint density at radius 2 is 1.96 bits per heavy atom. The summed E-state index contributed by atoms with van der Waals surface area (Å²) in [5.41, 5.74) is 0.644. The van der Waals surface area contributed by atoms with E-state index in [1.54, 1.807) is 17.0 Å². The number of benzene rings is 1. The minimum absolute atomic E-state index is 0.0541. The van der Waals surface area contributed by atoms with Crippen LogP contribution in [0.1, 0.15) is 6.42 Å². The topological polar surface area (TPSA) is 55.9 Å². The monoisotopic (exact) mass is 322 g/mol. The molecule has 2 rings (SSSR count). The lowest BCUT2D eigenvalue weighted by atomic mass is 10.3. The second-order valence-corrected chi connectivity index (χ2v) is 5.84. The number of rotatable bonds is 7. The first kappa shape index (κ1) is 17.2. The summed E-state index contributed by atoms with van der Waals surface area (Å²) in [6.07, 6.45) is 0.869. The third kappa shape index (κ3) is 4.92. The summed E-state index contributed by atoms with van der Waals surface area (Å²) in [6, 6.07) is 5.56. The van der Waals surface area contributed by atoms with Gasteiger partial charge in [0.25, 0.3) is 0 Å². The third-order valence-corrected chi connectivity index (χ3v) is 3.67. The van der Waals surface area contributed by atoms with Crippen molar-refractivity contribution in [2.45, 2.75) is 6.42 Å². The van der Waals surface area contributed by atoms with Crippen LogP contribution in [-0.2, 0) is 4.79 Å². The molecular weight excluding hydrogens is 299 g/mol. The van der Waals surface area contributed by atoms with Gasteiger partial charge in [-0.3, -0.25) is 9.69 Å². The molecule has 1 saturated heterocycles. The van der Waals surface area contributed by atoms with E-state index in [9.17, 15) is 14.0 Å². The third-order valence-electron chi connectivity index (χ3n) is 3.67. The van der Waals surface area contributed by atoms with Crippen LogP contribution in [0.5, 0.6) is 0 Å². The molecule has 7 heteroatoms. The molecule has 1 N–H and O–H groups in total. The fourth-order valence-electron chi connectivity index (χ4n) is 2.44. The number of hydrogen-bond acceptors (Lipinski definition) is 3. The maximum atomic E-state index is 12.9. The Labute approximate surface area is 135 Å². The number of urea groups is 1. The van der Waals surface area contributed by atoms with Gasteiger partial charge in [-0.25, -0.2) is 9.18 Å². The van der Waals surface area contributed by atoms with Crippen LogP contribution in [0.3, 0.4) is 0 Å². The van der Waals surface area contributed by atoms with E-state index in [1.807, 2.05) is 14.1 Å². The summed E-state index contributed by atoms with van der Waals surface area (Å²) in [5.74, 6) is -0.493. The van der Waals surface area contributed by atoms with E-state index in [0.717, 1.165) is 13.0 Å². The second-order valence-electron chi connectivity index (χ2n) is 5.84. The number of amides is 3. The molecule has 126 valence electrons. The van der Waals surface area contributed by atoms with Crippen molar-refractivity contribution in [1.29, 1.82) is 0 Å². The van der Waals surface area contributed by atoms with Crippen molar-refractivity contribution in [1.82, 2.24) is 15.1 Å². The van der Waals surface area contributed by atoms with Crippen molar-refractivity contribution in [3.05, 3.63) is 30.1 Å². The van der Waals surface area contributed by atoms with Gasteiger partial charge in [0.2, 0.25) is 5.91 Å². The lowest BCUT2D eigenvalue weighted by molar-refractivity contribution is -0.121. The van der Waals surface area contributed by atoms with Crippen molar-refractivity contribution in [2.75, 3.05) is 51.7 Å². The highest BCUT2D eigenvalue weighted by Crippen LogP contribution is 2.20. The first-order valence-electron chi connectivity index (χ1n) is 7.71. The zero-order valence-electron chi connectivity index (χ0n) is 13.6. The number of carbonyl (C=O) groups is 2. The number of anilines is 1. The molecule has 6 nitrogen and oxygen atoms in total. The molecule has 23 heavy (non-hydrogen) atoms. The Kier molecular flexibility index (Phi) is 5.92. The van der Waals surface area contributed by atoms with Crippen LogP contribution in [0.2, 0.25) is 0 Å². The van der Waals surface area contributed by atoms with Gasteiger partial charge in [0.15, 0.2) is 0 Å². The average molecular weight is 322 g/mol. The molecule has 1 heterocycles. The predicted octanol–water partition coefficient (Wildman–Crippen LogP) is 1.14. The minimum Gasteiger partial charge on any atom is -0.355 e. The van der Waals surface area contributed by atoms with Crippen molar-refractivity contribution < 1.29 is 14.0 Å². The van der Waals surface area contributed by atoms with Gasteiger partial charge >= 0.3 is 6.03 Å². The van der Waals surface area contributed by atoms with Crippen molar-refractivity contribution in [3.63, 3.8) is 0 Å². The number of carbonyl (C=O) groups excluding carboxylic acids is 2. The first-order valence-corrected chi connectivity index (χ1v) is 7.71. The van der Waals surface area contributed by atoms with E-state index in [1.165, 1.54) is 17.0 Å². The van der Waals surface area contributed by atoms with Crippen LogP contribution < -0.4 is 10.2 Å². The molecule has 0 unspecified atom stereocenters. The summed E-state index contributed by atoms with van der Waals surface area (Å²) in [4.78, 5) is 29.3. The number of nitrogens with one attached hydrogen (secondary N) is 1. The molecule has 0 aromatic heterocycles. The van der Waals surface area contributed by atoms with E-state index < -0.39 is 0 Å². The molecular formula is C16H23FN4O2. The zero-order valence-corrected chi connectivity index (χ0v) is 13.6. The Morgan fingerprint density at radius 1 is 1.26 bits per heavy atom. The van der Waals surface area contributed by atoms with Gasteiger partial charge in [0.05, 0.1) is 0 Å². The average Bonchev–Trinajstić information content (AvgIpc) is 2.86. The second kappa shape index (κ2) is 7.92. The smallest absolute Gasteiger partial charge is 0.325 e. The highest BCUT2D eigenvalue weighted by molar-refractivity contribution is 5.96. The number of halogens is 1. The molecule has 0 atom stereocenters. The Balaban J connectivity index is 1.80. The van der Waals surface area contributed by atoms with Gasteiger partial charge in [0.1, 0.15) is 12.4 Å². The zero-order chi connectivity index (χ0) is 16.8. The lowest BCUT2D eigenvalue weighted by Gasteiger charge is -2.18. The Bertz CT molecular complexity index is 548. The van der Waals surface area contributed by atoms with Crippen LogP contribution in [-0.4, -0.2) is 68.6 Å². The standard InChI is InChI=1S/C16H23FN4O2/c1-19(2)9-3-8-18-15(22)12-20-10-11-21(16(20)23)14-6-4-13(17)5-7-14/h4-7H,3,8-12H2,1-2H3,(H,18,22). The van der Waals surface area contributed by atoms with E-state index in [4.69, 9.17) is 0 Å². The minimum atomic E-state index is -0.339. The van der Waals surface area contributed by atoms with Gasteiger partial charge in [-0.05, 0) is 51.3 Å². The molecule has 1 aliphatic heterocycles. The maximum Gasteiger partial charge on any atom is 0.325 e. The van der Waals surface area contributed by atoms with Crippen LogP contribution in [0.25, 0.3) is 0 Å². The van der Waals surface area contributed by atoms with Gasteiger partial charge in [0, 0.05) is 25.3 Å². The molecule has 0 saturated carbocycles. The van der Waals surface area contributed by atoms with Crippen LogP contribution in [0.15, 0.2) is 24.3 Å².